The van der Waals surface area contributed by atoms with E-state index in [-0.39, 0.29) is 177 Å². The quantitative estimate of drug-likeness (QED) is 0.00597. The zero-order valence-corrected chi connectivity index (χ0v) is 82.9. The summed E-state index contributed by atoms with van der Waals surface area (Å²) in [5.41, 5.74) is -4.87. The van der Waals surface area contributed by atoms with E-state index >= 15 is 0 Å². The van der Waals surface area contributed by atoms with Crippen LogP contribution in [0.3, 0.4) is 0 Å². The molecule has 4 aromatic heterocycles. The Labute approximate surface area is 842 Å². The van der Waals surface area contributed by atoms with E-state index in [4.69, 9.17) is 24.3 Å². The van der Waals surface area contributed by atoms with Crippen LogP contribution in [0.15, 0.2) is 243 Å². The van der Waals surface area contributed by atoms with Crippen molar-refractivity contribution in [3.63, 3.8) is 0 Å². The minimum Gasteiger partial charge on any atom is -0.424 e. The fourth-order valence-corrected chi connectivity index (χ4v) is 22.2. The van der Waals surface area contributed by atoms with Crippen LogP contribution in [-0.2, 0) is 93.5 Å². The number of carbonyl (C=O) groups is 4. The predicted molar refractivity (Wildman–Crippen MR) is 529 cm³/mol. The topological polar surface area (TPSA) is 684 Å². The maximum atomic E-state index is 14.8. The number of aromatic nitrogens is 8. The second-order valence-electron chi connectivity index (χ2n) is 34.0. The number of benzene rings is 10. The second-order valence-corrected chi connectivity index (χ2v) is 43.9. The number of anilines is 10. The van der Waals surface area contributed by atoms with Crippen LogP contribution < -0.4 is 52.5 Å². The molecule has 10 aromatic carbocycles. The van der Waals surface area contributed by atoms with Crippen molar-refractivity contribution >= 4 is 188 Å². The minimum atomic E-state index is -5.40. The van der Waals surface area contributed by atoms with Gasteiger partial charge in [0.05, 0.1) is 111 Å². The number of hydrogen-bond donors (Lipinski definition) is 14. The van der Waals surface area contributed by atoms with E-state index in [1.807, 2.05) is 0 Å². The molecule has 14 N–H and O–H groups in total. The van der Waals surface area contributed by atoms with Gasteiger partial charge in [-0.2, -0.15) is 80.4 Å². The highest BCUT2D eigenvalue weighted by atomic mass is 32.2. The van der Waals surface area contributed by atoms with Gasteiger partial charge in [0.1, 0.15) is 26.2 Å². The lowest BCUT2D eigenvalue weighted by atomic mass is 9.80. The number of carbonyl (C=O) groups excluding carboxylic acids is 4. The zero-order chi connectivity index (χ0) is 105. The normalized spacial score (nSPS) is 15.6. The second kappa shape index (κ2) is 41.5. The third kappa shape index (κ3) is 22.2. The third-order valence-corrected chi connectivity index (χ3v) is 31.2. The molecule has 147 heavy (non-hydrogen) atoms. The van der Waals surface area contributed by atoms with Crippen LogP contribution in [0.1, 0.15) is 135 Å². The Morgan fingerprint density at radius 1 is 0.388 bits per heavy atom. The lowest BCUT2D eigenvalue weighted by Gasteiger charge is -2.28. The summed E-state index contributed by atoms with van der Waals surface area (Å²) < 4.78 is 235. The highest BCUT2D eigenvalue weighted by molar-refractivity contribution is 7.95. The Hall–Kier alpha value is -14.4. The number of pyridine rings is 2. The SMILES string of the molecule is CC1CCC(Nc2nc(Nc3cc(Nc4ccc5c6c4C(=O)c4ccccc4-c6c(C(=O)c4cccc(S(=O)(=O)O)c4)c(=O)n5C)c(S(=O)(=O)O)cc3SOOO)nc(Oc3ccc(S(=O)(=O)O)cc3)n2)CC1.CCC1CCC(Nc2nc(Nc3cc(Nc4ccc5c6c4C(=O)c4ccccc4-c6c(C(=O)c4cccc(S(=O)(=O)O)c4)c(=O)n5C)c(S(=O)(=O)O)cc3S(=O)(=O)O)nc(Oc3ccc(SOOO)cc3)n2)CC1. The van der Waals surface area contributed by atoms with Crippen molar-refractivity contribution in [1.82, 2.24) is 39.0 Å². The standard InChI is InChI=1S/C47H41N7O16S4.C46H39N7O16S4/c1-3-24-11-13-26(14-12-24)48-45-51-46(53-47(52-45)68-27-15-17-28(18-16-27)71-70-69-58)50-34-22-33(36(73(62,63)64)23-37(34)74(65,66)67)49-32-19-20-35-40-38(30-9-4-5-10-31(30)43(56)39(32)40)41(44(57)54(35)2)42(55)25-7-6-8-29(21-25)72(59,60)61;1-23-10-12-25(13-11-23)47-44-50-45(52-46(51-44)67-26-14-16-27(17-15-26)71(58,59)60)49-32-21-33(36(73(64,65)66)22-35(32)70-69-68-57)48-31-18-19-34-39-37(29-8-3-4-9-30(29)42(55)38(31)39)40(43(56)53(34)2)41(54)24-6-5-7-28(20-24)72(61,62)63/h4-10,15-24,26,49,58H,3,11-14H2,1-2H3,(H,59,60,61)(H,62,63,64)(H,65,66,67)(H2,48,50,51,52,53);3-9,14-23,25,48,57H,10-13H2,1-2H3,(H,58,59,60)(H,61,62,63)(H,64,65,66)(H2,47,49,50,51,52). The van der Waals surface area contributed by atoms with Gasteiger partial charge in [-0.3, -0.25) is 56.1 Å². The summed E-state index contributed by atoms with van der Waals surface area (Å²) in [6, 6.07) is 39.9. The van der Waals surface area contributed by atoms with Gasteiger partial charge in [0.2, 0.25) is 23.8 Å². The molecular weight excluding hydrogens is 2080 g/mol. The van der Waals surface area contributed by atoms with Gasteiger partial charge in [-0.05, 0) is 196 Å². The number of fused-ring (bicyclic) bond motifs is 4. The van der Waals surface area contributed by atoms with Gasteiger partial charge in [-0.25, -0.2) is 10.5 Å². The average Bonchev–Trinajstić information content (AvgIpc) is 0.706. The molecule has 54 heteroatoms. The molecule has 2 saturated carbocycles. The van der Waals surface area contributed by atoms with E-state index in [0.717, 1.165) is 122 Å². The van der Waals surface area contributed by atoms with Gasteiger partial charge >= 0.3 is 12.0 Å². The number of hydrogen-bond acceptors (Lipinski definition) is 40. The molecule has 0 amide bonds. The Bertz CT molecular complexity index is 8680. The molecular formula is C93H80N14O32S8. The molecule has 2 fully saturated rings. The summed E-state index contributed by atoms with van der Waals surface area (Å²) in [5.74, 6) is -2.54. The Balaban J connectivity index is 0.000000201. The molecule has 14 aromatic rings. The number of nitrogens with one attached hydrogen (secondary N) is 6. The highest BCUT2D eigenvalue weighted by Gasteiger charge is 2.40. The van der Waals surface area contributed by atoms with Gasteiger partial charge in [0, 0.05) is 75.2 Å². The lowest BCUT2D eigenvalue weighted by molar-refractivity contribution is -0.432. The van der Waals surface area contributed by atoms with Crippen molar-refractivity contribution in [3.8, 4) is 45.8 Å². The van der Waals surface area contributed by atoms with Crippen LogP contribution >= 0.6 is 24.1 Å². The molecule has 0 saturated heterocycles. The molecule has 0 spiro atoms. The lowest BCUT2D eigenvalue weighted by Crippen LogP contribution is -2.29. The molecule has 46 nitrogen and oxygen atoms in total. The van der Waals surface area contributed by atoms with E-state index in [9.17, 15) is 107 Å². The zero-order valence-electron chi connectivity index (χ0n) is 76.4. The monoisotopic (exact) mass is 2160 g/mol. The maximum absolute atomic E-state index is 14.8. The molecule has 0 atom stereocenters. The van der Waals surface area contributed by atoms with E-state index < -0.39 is 147 Å². The van der Waals surface area contributed by atoms with Gasteiger partial charge in [0.15, 0.2) is 23.1 Å². The first-order valence-corrected chi connectivity index (χ1v) is 54.0. The number of rotatable bonds is 33. The van der Waals surface area contributed by atoms with Gasteiger partial charge in [-0.1, -0.05) is 103 Å². The summed E-state index contributed by atoms with van der Waals surface area (Å²) in [5, 5.41) is 43.2. The molecule has 0 aliphatic heterocycles. The van der Waals surface area contributed by atoms with Crippen LogP contribution in [0.5, 0.6) is 23.5 Å². The molecule has 4 heterocycles. The van der Waals surface area contributed by atoms with Crippen LogP contribution in [-0.4, -0.2) is 163 Å². The summed E-state index contributed by atoms with van der Waals surface area (Å²) >= 11 is 0.980. The van der Waals surface area contributed by atoms with Crippen LogP contribution in [0.4, 0.5) is 57.9 Å². The molecule has 4 aliphatic rings. The largest absolute Gasteiger partial charge is 0.424 e. The first-order valence-electron chi connectivity index (χ1n) is 43.9. The Morgan fingerprint density at radius 2 is 0.776 bits per heavy atom. The van der Waals surface area contributed by atoms with Crippen molar-refractivity contribution in [1.29, 1.82) is 0 Å². The van der Waals surface area contributed by atoms with E-state index in [0.29, 0.717) is 34.8 Å². The van der Waals surface area contributed by atoms with Crippen molar-refractivity contribution in [3.05, 3.63) is 259 Å². The van der Waals surface area contributed by atoms with Crippen molar-refractivity contribution in [2.75, 3.05) is 31.9 Å². The van der Waals surface area contributed by atoms with Crippen molar-refractivity contribution in [2.24, 2.45) is 25.9 Å². The minimum absolute atomic E-state index is 0.00569. The molecule has 18 rings (SSSR count). The molecule has 0 bridgehead atoms. The van der Waals surface area contributed by atoms with Crippen molar-refractivity contribution < 1.29 is 136 Å². The molecule has 762 valence electrons. The maximum Gasteiger partial charge on any atom is 0.328 e. The molecule has 0 radical (unpaired) electrons. The summed E-state index contributed by atoms with van der Waals surface area (Å²) in [6.07, 6.45) is 7.81. The van der Waals surface area contributed by atoms with Gasteiger partial charge in [0.25, 0.3) is 71.8 Å². The molecule has 0 unspecified atom stereocenters. The Kier molecular flexibility index (Phi) is 29.4. The van der Waals surface area contributed by atoms with E-state index in [1.54, 1.807) is 30.3 Å². The first kappa shape index (κ1) is 104. The number of ether oxygens (including phenoxy) is 2. The van der Waals surface area contributed by atoms with Crippen LogP contribution in [0.2, 0.25) is 0 Å². The van der Waals surface area contributed by atoms with E-state index in [2.05, 4.69) is 90.1 Å². The summed E-state index contributed by atoms with van der Waals surface area (Å²) in [4.78, 5) is 109. The highest BCUT2D eigenvalue weighted by Crippen LogP contribution is 2.50. The van der Waals surface area contributed by atoms with E-state index in [1.165, 1.54) is 117 Å². The van der Waals surface area contributed by atoms with Gasteiger partial charge in [-0.15, -0.1) is 8.67 Å². The first-order chi connectivity index (χ1) is 69.7. The fourth-order valence-electron chi connectivity index (χ4n) is 17.7. The number of nitrogens with zero attached hydrogens (tertiary/aromatic N) is 8. The van der Waals surface area contributed by atoms with Crippen molar-refractivity contribution in [2.45, 2.75) is 123 Å². The smallest absolute Gasteiger partial charge is 0.328 e. The number of aryl methyl sites for hydroxylation is 2. The van der Waals surface area contributed by atoms with Crippen LogP contribution in [0.25, 0.3) is 44.1 Å². The van der Waals surface area contributed by atoms with Gasteiger partial charge < -0.3 is 50.5 Å². The summed E-state index contributed by atoms with van der Waals surface area (Å²) in [7, 11) is -27.4. The number of ketones is 4. The fraction of sp³-hybridized carbons (Fsp3) is 0.183. The third-order valence-electron chi connectivity index (χ3n) is 24.7. The molecule has 4 aliphatic carbocycles. The summed E-state index contributed by atoms with van der Waals surface area (Å²) in [6.45, 7) is 4.26. The Morgan fingerprint density at radius 3 is 1.20 bits per heavy atom. The van der Waals surface area contributed by atoms with Crippen LogP contribution in [0, 0.1) is 11.8 Å². The average molecular weight is 2160 g/mol. The predicted octanol–water partition coefficient (Wildman–Crippen LogP) is 15.6.